The fourth-order valence-corrected chi connectivity index (χ4v) is 3.09. The van der Waals surface area contributed by atoms with E-state index in [9.17, 15) is 4.79 Å². The van der Waals surface area contributed by atoms with Crippen LogP contribution in [0.3, 0.4) is 0 Å². The Morgan fingerprint density at radius 2 is 2.20 bits per heavy atom. The van der Waals surface area contributed by atoms with E-state index in [0.29, 0.717) is 25.5 Å². The number of rotatable bonds is 5. The Balaban J connectivity index is 1.79. The molecule has 1 aliphatic heterocycles. The molecule has 2 unspecified atom stereocenters. The molecule has 3 rings (SSSR count). The van der Waals surface area contributed by atoms with Crippen molar-refractivity contribution in [1.29, 1.82) is 0 Å². The molecule has 1 saturated heterocycles. The second-order valence-corrected chi connectivity index (χ2v) is 6.31. The van der Waals surface area contributed by atoms with Crippen molar-refractivity contribution in [3.05, 3.63) is 47.5 Å². The molecular weight excluding hydrogens is 318 g/mol. The molecule has 7 heteroatoms. The minimum atomic E-state index is -0.293. The number of amides is 1. The van der Waals surface area contributed by atoms with Gasteiger partial charge in [-0.25, -0.2) is 4.98 Å². The molecule has 0 saturated carbocycles. The van der Waals surface area contributed by atoms with Crippen molar-refractivity contribution in [2.24, 2.45) is 0 Å². The van der Waals surface area contributed by atoms with Crippen molar-refractivity contribution in [1.82, 2.24) is 25.0 Å². The number of carbonyl (C=O) groups is 1. The van der Waals surface area contributed by atoms with Gasteiger partial charge in [0.15, 0.2) is 5.82 Å². The fourth-order valence-electron chi connectivity index (χ4n) is 3.09. The highest BCUT2D eigenvalue weighted by Gasteiger charge is 2.33. The van der Waals surface area contributed by atoms with Crippen molar-refractivity contribution in [2.45, 2.75) is 26.0 Å². The van der Waals surface area contributed by atoms with Crippen LogP contribution in [-0.2, 0) is 9.53 Å². The first kappa shape index (κ1) is 17.6. The number of hydrogen-bond donors (Lipinski definition) is 1. The van der Waals surface area contributed by atoms with Crippen molar-refractivity contribution in [3.8, 4) is 0 Å². The van der Waals surface area contributed by atoms with Crippen LogP contribution in [0.4, 0.5) is 0 Å². The summed E-state index contributed by atoms with van der Waals surface area (Å²) in [5.41, 5.74) is 1.01. The lowest BCUT2D eigenvalue weighted by atomic mass is 10.0. The third-order valence-corrected chi connectivity index (χ3v) is 4.57. The van der Waals surface area contributed by atoms with Crippen LogP contribution in [0.25, 0.3) is 0 Å². The summed E-state index contributed by atoms with van der Waals surface area (Å²) in [6.45, 7) is 6.24. The number of nitrogens with zero attached hydrogens (tertiary/aromatic N) is 4. The first-order valence-electron chi connectivity index (χ1n) is 8.64. The Bertz CT molecular complexity index is 703. The number of carbonyl (C=O) groups excluding carboxylic acids is 1. The van der Waals surface area contributed by atoms with Gasteiger partial charge in [-0.15, -0.1) is 0 Å². The van der Waals surface area contributed by atoms with Crippen LogP contribution >= 0.6 is 0 Å². The lowest BCUT2D eigenvalue weighted by molar-refractivity contribution is -0.144. The Kier molecular flexibility index (Phi) is 5.45. The second-order valence-electron chi connectivity index (χ2n) is 6.31. The lowest BCUT2D eigenvalue weighted by Crippen LogP contribution is -2.47. The number of hydrogen-bond acceptors (Lipinski definition) is 5. The zero-order valence-electron chi connectivity index (χ0n) is 15.0. The summed E-state index contributed by atoms with van der Waals surface area (Å²) >= 11 is 0. The number of likely N-dealkylation sites (N-methyl/N-ethyl adjacent to an activating group) is 1. The minimum absolute atomic E-state index is 0.0936. The van der Waals surface area contributed by atoms with Gasteiger partial charge in [0.25, 0.3) is 0 Å². The number of aromatic nitrogens is 3. The standard InChI is InChI=1S/C18H25N5O2/c1-4-22(3)16(14-8-6-5-7-9-14)18(24)23-10-11-25-15(12-23)17-19-13(2)20-21-17/h5-9,15-16H,4,10-12H2,1-3H3,(H,19,20,21). The van der Waals surface area contributed by atoms with E-state index in [2.05, 4.69) is 27.0 Å². The Labute approximate surface area is 148 Å². The molecule has 1 aromatic carbocycles. The van der Waals surface area contributed by atoms with Crippen LogP contribution in [0, 0.1) is 6.92 Å². The van der Waals surface area contributed by atoms with E-state index < -0.39 is 0 Å². The van der Waals surface area contributed by atoms with Crippen molar-refractivity contribution in [3.63, 3.8) is 0 Å². The average molecular weight is 343 g/mol. The van der Waals surface area contributed by atoms with E-state index in [1.54, 1.807) is 0 Å². The first-order chi connectivity index (χ1) is 12.1. The van der Waals surface area contributed by atoms with Crippen LogP contribution in [0.5, 0.6) is 0 Å². The van der Waals surface area contributed by atoms with E-state index >= 15 is 0 Å². The molecule has 0 aliphatic carbocycles. The minimum Gasteiger partial charge on any atom is -0.366 e. The highest BCUT2D eigenvalue weighted by Crippen LogP contribution is 2.26. The topological polar surface area (TPSA) is 74.3 Å². The molecule has 7 nitrogen and oxygen atoms in total. The second kappa shape index (κ2) is 7.76. The molecule has 1 fully saturated rings. The van der Waals surface area contributed by atoms with Crippen LogP contribution in [-0.4, -0.2) is 64.2 Å². The Morgan fingerprint density at radius 3 is 2.84 bits per heavy atom. The SMILES string of the molecule is CCN(C)C(C(=O)N1CCOC(c2n[nH]c(C)n2)C1)c1ccccc1. The largest absolute Gasteiger partial charge is 0.366 e. The molecule has 134 valence electrons. The van der Waals surface area contributed by atoms with Gasteiger partial charge in [-0.3, -0.25) is 14.8 Å². The van der Waals surface area contributed by atoms with Gasteiger partial charge >= 0.3 is 0 Å². The monoisotopic (exact) mass is 343 g/mol. The van der Waals surface area contributed by atoms with Crippen LogP contribution in [0.2, 0.25) is 0 Å². The van der Waals surface area contributed by atoms with E-state index in [1.807, 2.05) is 49.2 Å². The van der Waals surface area contributed by atoms with Crippen LogP contribution < -0.4 is 0 Å². The predicted molar refractivity (Wildman–Crippen MR) is 93.9 cm³/mol. The molecule has 2 aromatic rings. The van der Waals surface area contributed by atoms with E-state index in [0.717, 1.165) is 17.9 Å². The van der Waals surface area contributed by atoms with Crippen LogP contribution in [0.15, 0.2) is 30.3 Å². The van der Waals surface area contributed by atoms with E-state index in [1.165, 1.54) is 0 Å². The summed E-state index contributed by atoms with van der Waals surface area (Å²) in [5.74, 6) is 1.45. The van der Waals surface area contributed by atoms with Crippen molar-refractivity contribution >= 4 is 5.91 Å². The number of nitrogens with one attached hydrogen (secondary N) is 1. The number of H-pyrrole nitrogens is 1. The maximum Gasteiger partial charge on any atom is 0.244 e. The molecular formula is C18H25N5O2. The molecule has 25 heavy (non-hydrogen) atoms. The summed E-state index contributed by atoms with van der Waals surface area (Å²) < 4.78 is 5.78. The summed E-state index contributed by atoms with van der Waals surface area (Å²) in [6, 6.07) is 9.62. The molecule has 1 amide bonds. The van der Waals surface area contributed by atoms with Gasteiger partial charge in [0.05, 0.1) is 13.2 Å². The summed E-state index contributed by atoms with van der Waals surface area (Å²) in [4.78, 5) is 21.5. The molecule has 2 heterocycles. The lowest BCUT2D eigenvalue weighted by Gasteiger charge is -2.36. The maximum absolute atomic E-state index is 13.3. The number of aromatic amines is 1. The zero-order chi connectivity index (χ0) is 17.8. The average Bonchev–Trinajstić information content (AvgIpc) is 3.09. The van der Waals surface area contributed by atoms with Gasteiger partial charge in [0.1, 0.15) is 18.0 Å². The van der Waals surface area contributed by atoms with Gasteiger partial charge in [0, 0.05) is 6.54 Å². The molecule has 2 atom stereocenters. The molecule has 1 N–H and O–H groups in total. The summed E-state index contributed by atoms with van der Waals surface area (Å²) in [7, 11) is 1.98. The maximum atomic E-state index is 13.3. The molecule has 0 bridgehead atoms. The van der Waals surface area contributed by atoms with Crippen LogP contribution in [0.1, 0.15) is 36.3 Å². The van der Waals surface area contributed by atoms with Gasteiger partial charge < -0.3 is 9.64 Å². The van der Waals surface area contributed by atoms with Gasteiger partial charge in [-0.1, -0.05) is 37.3 Å². The summed E-state index contributed by atoms with van der Waals surface area (Å²) in [5, 5.41) is 7.01. The summed E-state index contributed by atoms with van der Waals surface area (Å²) in [6.07, 6.45) is -0.286. The molecule has 0 radical (unpaired) electrons. The predicted octanol–water partition coefficient (Wildman–Crippen LogP) is 1.71. The van der Waals surface area contributed by atoms with E-state index in [4.69, 9.17) is 4.74 Å². The normalized spacial score (nSPS) is 19.2. The molecule has 0 spiro atoms. The fraction of sp³-hybridized carbons (Fsp3) is 0.500. The quantitative estimate of drug-likeness (QED) is 0.894. The van der Waals surface area contributed by atoms with Gasteiger partial charge in [-0.2, -0.15) is 5.10 Å². The van der Waals surface area contributed by atoms with Crippen molar-refractivity contribution < 1.29 is 9.53 Å². The molecule has 1 aromatic heterocycles. The number of benzene rings is 1. The molecule has 1 aliphatic rings. The number of aryl methyl sites for hydroxylation is 1. The number of morpholine rings is 1. The highest BCUT2D eigenvalue weighted by molar-refractivity contribution is 5.83. The van der Waals surface area contributed by atoms with E-state index in [-0.39, 0.29) is 18.1 Å². The first-order valence-corrected chi connectivity index (χ1v) is 8.64. The third kappa shape index (κ3) is 3.88. The number of ether oxygens (including phenoxy) is 1. The van der Waals surface area contributed by atoms with Crippen molar-refractivity contribution in [2.75, 3.05) is 33.3 Å². The highest BCUT2D eigenvalue weighted by atomic mass is 16.5. The smallest absolute Gasteiger partial charge is 0.244 e. The van der Waals surface area contributed by atoms with Gasteiger partial charge in [-0.05, 0) is 26.1 Å². The zero-order valence-corrected chi connectivity index (χ0v) is 15.0. The Hall–Kier alpha value is -2.25. The third-order valence-electron chi connectivity index (χ3n) is 4.57. The Morgan fingerprint density at radius 1 is 1.44 bits per heavy atom. The van der Waals surface area contributed by atoms with Gasteiger partial charge in [0.2, 0.25) is 5.91 Å².